The van der Waals surface area contributed by atoms with Gasteiger partial charge >= 0.3 is 0 Å². The van der Waals surface area contributed by atoms with Crippen molar-refractivity contribution in [2.75, 3.05) is 26.6 Å². The Hall–Kier alpha value is -2.40. The van der Waals surface area contributed by atoms with Crippen LogP contribution in [0, 0.1) is 6.92 Å². The highest BCUT2D eigenvalue weighted by Crippen LogP contribution is 2.32. The molecule has 1 amide bonds. The van der Waals surface area contributed by atoms with Crippen molar-refractivity contribution in [1.29, 1.82) is 0 Å². The van der Waals surface area contributed by atoms with Crippen LogP contribution in [0.2, 0.25) is 5.02 Å². The van der Waals surface area contributed by atoms with Gasteiger partial charge in [0.15, 0.2) is 0 Å². The fourth-order valence-electron chi connectivity index (χ4n) is 2.11. The summed E-state index contributed by atoms with van der Waals surface area (Å²) < 4.78 is 15.7. The Morgan fingerprint density at radius 2 is 1.70 bits per heavy atom. The Kier molecular flexibility index (Phi) is 5.34. The van der Waals surface area contributed by atoms with Gasteiger partial charge in [-0.1, -0.05) is 11.6 Å². The van der Waals surface area contributed by atoms with Gasteiger partial charge in [0.2, 0.25) is 0 Å². The van der Waals surface area contributed by atoms with Crippen molar-refractivity contribution in [2.45, 2.75) is 6.92 Å². The quantitative estimate of drug-likeness (QED) is 0.899. The van der Waals surface area contributed by atoms with Crippen LogP contribution < -0.4 is 19.5 Å². The van der Waals surface area contributed by atoms with Crippen molar-refractivity contribution in [3.8, 4) is 17.2 Å². The molecule has 0 unspecified atom stereocenters. The Morgan fingerprint density at radius 3 is 2.30 bits per heavy atom. The van der Waals surface area contributed by atoms with Crippen LogP contribution in [0.4, 0.5) is 5.69 Å². The van der Waals surface area contributed by atoms with Gasteiger partial charge in [-0.25, -0.2) is 0 Å². The number of nitrogens with one attached hydrogen (secondary N) is 1. The third-order valence-corrected chi connectivity index (χ3v) is 3.79. The van der Waals surface area contributed by atoms with E-state index in [0.29, 0.717) is 33.5 Å². The lowest BCUT2D eigenvalue weighted by atomic mass is 10.1. The van der Waals surface area contributed by atoms with Crippen molar-refractivity contribution < 1.29 is 19.0 Å². The van der Waals surface area contributed by atoms with Gasteiger partial charge in [-0.15, -0.1) is 0 Å². The van der Waals surface area contributed by atoms with Gasteiger partial charge in [0.1, 0.15) is 17.2 Å². The molecule has 5 nitrogen and oxygen atoms in total. The van der Waals surface area contributed by atoms with Crippen LogP contribution in [-0.4, -0.2) is 27.2 Å². The molecule has 1 N–H and O–H groups in total. The molecule has 0 aromatic heterocycles. The molecule has 6 heteroatoms. The van der Waals surface area contributed by atoms with Crippen molar-refractivity contribution >= 4 is 23.2 Å². The molecule has 0 radical (unpaired) electrons. The highest BCUT2D eigenvalue weighted by Gasteiger charge is 2.16. The smallest absolute Gasteiger partial charge is 0.259 e. The number of anilines is 1. The van der Waals surface area contributed by atoms with Crippen LogP contribution in [0.3, 0.4) is 0 Å². The zero-order valence-corrected chi connectivity index (χ0v) is 14.2. The van der Waals surface area contributed by atoms with E-state index in [4.69, 9.17) is 25.8 Å². The number of hydrogen-bond acceptors (Lipinski definition) is 4. The van der Waals surface area contributed by atoms with E-state index in [-0.39, 0.29) is 5.91 Å². The lowest BCUT2D eigenvalue weighted by molar-refractivity contribution is 0.102. The Bertz CT molecular complexity index is 731. The van der Waals surface area contributed by atoms with Crippen LogP contribution in [0.5, 0.6) is 17.2 Å². The third kappa shape index (κ3) is 3.68. The summed E-state index contributed by atoms with van der Waals surface area (Å²) in [6.45, 7) is 1.85. The number of halogens is 1. The van der Waals surface area contributed by atoms with E-state index >= 15 is 0 Å². The second-order valence-electron chi connectivity index (χ2n) is 4.82. The zero-order chi connectivity index (χ0) is 17.0. The number of aryl methyl sites for hydroxylation is 1. The highest BCUT2D eigenvalue weighted by atomic mass is 35.5. The maximum Gasteiger partial charge on any atom is 0.259 e. The minimum absolute atomic E-state index is 0.333. The van der Waals surface area contributed by atoms with E-state index in [0.717, 1.165) is 5.56 Å². The minimum Gasteiger partial charge on any atom is -0.497 e. The molecule has 0 spiro atoms. The number of carbonyl (C=O) groups is 1. The van der Waals surface area contributed by atoms with E-state index in [1.807, 2.05) is 6.92 Å². The van der Waals surface area contributed by atoms with Gasteiger partial charge in [-0.3, -0.25) is 4.79 Å². The Labute approximate surface area is 140 Å². The molecule has 0 saturated carbocycles. The topological polar surface area (TPSA) is 56.8 Å². The lowest BCUT2D eigenvalue weighted by Crippen LogP contribution is -2.14. The fraction of sp³-hybridized carbons (Fsp3) is 0.235. The highest BCUT2D eigenvalue weighted by molar-refractivity contribution is 6.31. The van der Waals surface area contributed by atoms with Crippen molar-refractivity contribution in [3.63, 3.8) is 0 Å². The molecule has 23 heavy (non-hydrogen) atoms. The molecule has 2 aromatic carbocycles. The predicted octanol–water partition coefficient (Wildman–Crippen LogP) is 3.93. The molecule has 0 aliphatic heterocycles. The van der Waals surface area contributed by atoms with Gasteiger partial charge in [-0.05, 0) is 36.8 Å². The molecule has 0 fully saturated rings. The van der Waals surface area contributed by atoms with Gasteiger partial charge in [0.05, 0.1) is 32.6 Å². The van der Waals surface area contributed by atoms with Gasteiger partial charge in [-0.2, -0.15) is 0 Å². The molecular weight excluding hydrogens is 318 g/mol. The molecule has 2 rings (SSSR count). The van der Waals surface area contributed by atoms with Crippen molar-refractivity contribution in [1.82, 2.24) is 0 Å². The van der Waals surface area contributed by atoms with Crippen molar-refractivity contribution in [2.24, 2.45) is 0 Å². The second kappa shape index (κ2) is 7.24. The van der Waals surface area contributed by atoms with Crippen LogP contribution in [0.15, 0.2) is 30.3 Å². The van der Waals surface area contributed by atoms with E-state index < -0.39 is 0 Å². The number of rotatable bonds is 5. The zero-order valence-electron chi connectivity index (χ0n) is 13.4. The van der Waals surface area contributed by atoms with E-state index in [2.05, 4.69) is 5.32 Å². The van der Waals surface area contributed by atoms with Crippen molar-refractivity contribution in [3.05, 3.63) is 46.5 Å². The lowest BCUT2D eigenvalue weighted by Gasteiger charge is -2.14. The summed E-state index contributed by atoms with van der Waals surface area (Å²) in [6, 6.07) is 8.44. The number of ether oxygens (including phenoxy) is 3. The van der Waals surface area contributed by atoms with Gasteiger partial charge in [0, 0.05) is 11.1 Å². The first kappa shape index (κ1) is 17.0. The SMILES string of the molecule is COc1ccc(OC)c(C(=O)Nc2cc(C)c(Cl)cc2OC)c1. The summed E-state index contributed by atoms with van der Waals surface area (Å²) in [5, 5.41) is 3.38. The third-order valence-electron chi connectivity index (χ3n) is 3.38. The maximum absolute atomic E-state index is 12.6. The van der Waals surface area contributed by atoms with E-state index in [9.17, 15) is 4.79 Å². The normalized spacial score (nSPS) is 10.1. The van der Waals surface area contributed by atoms with Gasteiger partial charge in [0.25, 0.3) is 5.91 Å². The molecule has 0 atom stereocenters. The molecule has 0 bridgehead atoms. The summed E-state index contributed by atoms with van der Waals surface area (Å²) in [5.41, 5.74) is 1.73. The molecule has 2 aromatic rings. The Morgan fingerprint density at radius 1 is 1.00 bits per heavy atom. The average Bonchev–Trinajstić information content (AvgIpc) is 2.57. The number of carbonyl (C=O) groups excluding carboxylic acids is 1. The summed E-state index contributed by atoms with van der Waals surface area (Å²) in [6.07, 6.45) is 0. The molecular formula is C17H18ClNO4. The second-order valence-corrected chi connectivity index (χ2v) is 5.23. The predicted molar refractivity (Wildman–Crippen MR) is 90.2 cm³/mol. The molecule has 0 aliphatic carbocycles. The first-order chi connectivity index (χ1) is 11.0. The van der Waals surface area contributed by atoms with E-state index in [1.54, 1.807) is 30.3 Å². The standard InChI is InChI=1S/C17H18ClNO4/c1-10-7-14(16(23-4)9-13(10)18)19-17(20)12-8-11(21-2)5-6-15(12)22-3/h5-9H,1-4H3,(H,19,20). The molecule has 0 heterocycles. The maximum atomic E-state index is 12.6. The van der Waals surface area contributed by atoms with Crippen LogP contribution in [0.25, 0.3) is 0 Å². The molecule has 0 aliphatic rings. The van der Waals surface area contributed by atoms with E-state index in [1.165, 1.54) is 21.3 Å². The summed E-state index contributed by atoms with van der Waals surface area (Å²) in [5.74, 6) is 1.17. The summed E-state index contributed by atoms with van der Waals surface area (Å²) >= 11 is 6.08. The first-order valence-electron chi connectivity index (χ1n) is 6.87. The van der Waals surface area contributed by atoms with Crippen LogP contribution in [-0.2, 0) is 0 Å². The monoisotopic (exact) mass is 335 g/mol. The first-order valence-corrected chi connectivity index (χ1v) is 7.25. The van der Waals surface area contributed by atoms with Gasteiger partial charge < -0.3 is 19.5 Å². The fourth-order valence-corrected chi connectivity index (χ4v) is 2.26. The number of methoxy groups -OCH3 is 3. The summed E-state index contributed by atoms with van der Waals surface area (Å²) in [4.78, 5) is 12.6. The Balaban J connectivity index is 2.38. The molecule has 122 valence electrons. The number of hydrogen-bond donors (Lipinski definition) is 1. The number of benzene rings is 2. The largest absolute Gasteiger partial charge is 0.497 e. The average molecular weight is 336 g/mol. The molecule has 0 saturated heterocycles. The van der Waals surface area contributed by atoms with Crippen LogP contribution in [0.1, 0.15) is 15.9 Å². The van der Waals surface area contributed by atoms with Crippen LogP contribution >= 0.6 is 11.6 Å². The number of amides is 1. The summed E-state index contributed by atoms with van der Waals surface area (Å²) in [7, 11) is 4.56. The minimum atomic E-state index is -0.333.